The summed E-state index contributed by atoms with van der Waals surface area (Å²) in [5, 5.41) is 0.910. The summed E-state index contributed by atoms with van der Waals surface area (Å²) in [6.07, 6.45) is 1.77. The number of H-pyrrole nitrogens is 1. The fourth-order valence-electron chi connectivity index (χ4n) is 1.52. The molecule has 0 saturated heterocycles. The molecule has 1 N–H and O–H groups in total. The second-order valence-corrected chi connectivity index (χ2v) is 3.51. The van der Waals surface area contributed by atoms with Gasteiger partial charge in [0.15, 0.2) is 5.75 Å². The van der Waals surface area contributed by atoms with Crippen molar-refractivity contribution in [3.8, 4) is 5.75 Å². The molecule has 0 bridgehead atoms. The molecule has 0 aliphatic rings. The first kappa shape index (κ1) is 11.2. The summed E-state index contributed by atoms with van der Waals surface area (Å²) in [6.45, 7) is 0.288. The van der Waals surface area contributed by atoms with E-state index in [1.54, 1.807) is 12.0 Å². The van der Waals surface area contributed by atoms with Crippen LogP contribution in [-0.2, 0) is 4.79 Å². The number of rotatable bonds is 4. The van der Waals surface area contributed by atoms with Gasteiger partial charge >= 0.3 is 0 Å². The largest absolute Gasteiger partial charge is 0.488 e. The zero-order valence-electron chi connectivity index (χ0n) is 9.10. The lowest BCUT2D eigenvalue weighted by molar-refractivity contribution is 0.321. The maximum Gasteiger partial charge on any atom is 0.290 e. The molecule has 86 valence electrons. The van der Waals surface area contributed by atoms with E-state index in [-0.39, 0.29) is 17.9 Å². The molecule has 0 unspecified atom stereocenters. The van der Waals surface area contributed by atoms with Crippen molar-refractivity contribution in [2.24, 2.45) is 0 Å². The van der Waals surface area contributed by atoms with Crippen molar-refractivity contribution in [2.75, 3.05) is 6.61 Å². The van der Waals surface area contributed by atoms with Gasteiger partial charge in [0.05, 0.1) is 6.61 Å². The smallest absolute Gasteiger partial charge is 0.290 e. The second kappa shape index (κ2) is 5.14. The van der Waals surface area contributed by atoms with Gasteiger partial charge in [0.2, 0.25) is 0 Å². The van der Waals surface area contributed by atoms with Crippen molar-refractivity contribution in [1.82, 2.24) is 4.98 Å². The van der Waals surface area contributed by atoms with Crippen LogP contribution in [0, 0.1) is 0 Å². The molecular formula is C13H11NO3. The first-order valence-corrected chi connectivity index (χ1v) is 5.25. The summed E-state index contributed by atoms with van der Waals surface area (Å²) in [5.41, 5.74) is 0.511. The van der Waals surface area contributed by atoms with Gasteiger partial charge in [0.25, 0.3) is 5.56 Å². The SMILES string of the molecule is O=C=CCCOc1cc2ccccc2[nH]c1=O. The van der Waals surface area contributed by atoms with Crippen molar-refractivity contribution in [2.45, 2.75) is 6.42 Å². The first-order chi connectivity index (χ1) is 8.31. The van der Waals surface area contributed by atoms with Crippen LogP contribution in [0.4, 0.5) is 0 Å². The second-order valence-electron chi connectivity index (χ2n) is 3.51. The maximum atomic E-state index is 11.6. The van der Waals surface area contributed by atoms with Crippen molar-refractivity contribution in [3.05, 3.63) is 46.8 Å². The lowest BCUT2D eigenvalue weighted by Crippen LogP contribution is -2.11. The summed E-state index contributed by atoms with van der Waals surface area (Å²) < 4.78 is 5.29. The molecule has 4 heteroatoms. The standard InChI is InChI=1S/C13H11NO3/c15-7-3-4-8-17-12-9-10-5-1-2-6-11(10)14-13(12)16/h1-3,5-6,9H,4,8H2,(H,14,16). The van der Waals surface area contributed by atoms with E-state index in [2.05, 4.69) is 4.98 Å². The third-order valence-corrected chi connectivity index (χ3v) is 2.32. The lowest BCUT2D eigenvalue weighted by atomic mass is 10.2. The Hall–Kier alpha value is -2.32. The maximum absolute atomic E-state index is 11.6. The van der Waals surface area contributed by atoms with E-state index < -0.39 is 0 Å². The molecular weight excluding hydrogens is 218 g/mol. The number of hydrogen-bond donors (Lipinski definition) is 1. The zero-order valence-corrected chi connectivity index (χ0v) is 9.10. The number of benzene rings is 1. The number of aromatic nitrogens is 1. The molecule has 1 heterocycles. The van der Waals surface area contributed by atoms with E-state index >= 15 is 0 Å². The quantitative estimate of drug-likeness (QED) is 0.641. The highest BCUT2D eigenvalue weighted by Gasteiger charge is 2.02. The molecule has 2 rings (SSSR count). The predicted molar refractivity (Wildman–Crippen MR) is 64.9 cm³/mol. The van der Waals surface area contributed by atoms with Gasteiger partial charge in [-0.1, -0.05) is 18.2 Å². The van der Waals surface area contributed by atoms with E-state index in [1.165, 1.54) is 6.08 Å². The number of fused-ring (bicyclic) bond motifs is 1. The molecule has 0 amide bonds. The van der Waals surface area contributed by atoms with Crippen molar-refractivity contribution < 1.29 is 9.53 Å². The highest BCUT2D eigenvalue weighted by Crippen LogP contribution is 2.14. The third-order valence-electron chi connectivity index (χ3n) is 2.32. The van der Waals surface area contributed by atoms with Gasteiger partial charge in [-0.2, -0.15) is 0 Å². The van der Waals surface area contributed by atoms with E-state index in [4.69, 9.17) is 4.74 Å². The molecule has 0 fully saturated rings. The van der Waals surface area contributed by atoms with Gasteiger partial charge in [-0.3, -0.25) is 4.79 Å². The van der Waals surface area contributed by atoms with Crippen LogP contribution in [0.2, 0.25) is 0 Å². The van der Waals surface area contributed by atoms with Crippen LogP contribution < -0.4 is 10.3 Å². The van der Waals surface area contributed by atoms with Gasteiger partial charge in [0, 0.05) is 23.4 Å². The summed E-state index contributed by atoms with van der Waals surface area (Å²) in [4.78, 5) is 24.3. The molecule has 1 aromatic heterocycles. The Balaban J connectivity index is 2.25. The van der Waals surface area contributed by atoms with Gasteiger partial charge in [0.1, 0.15) is 5.94 Å². The first-order valence-electron chi connectivity index (χ1n) is 5.25. The van der Waals surface area contributed by atoms with Crippen LogP contribution in [0.25, 0.3) is 10.9 Å². The lowest BCUT2D eigenvalue weighted by Gasteiger charge is -2.04. The topological polar surface area (TPSA) is 59.2 Å². The molecule has 2 aromatic rings. The van der Waals surface area contributed by atoms with E-state index in [9.17, 15) is 9.59 Å². The van der Waals surface area contributed by atoms with Gasteiger partial charge in [-0.05, 0) is 12.1 Å². The minimum atomic E-state index is -0.265. The van der Waals surface area contributed by atoms with Gasteiger partial charge < -0.3 is 9.72 Å². The molecule has 0 spiro atoms. The normalized spacial score (nSPS) is 9.88. The van der Waals surface area contributed by atoms with Crippen molar-refractivity contribution >= 4 is 16.8 Å². The Kier molecular flexibility index (Phi) is 3.38. The minimum absolute atomic E-state index is 0.265. The average molecular weight is 229 g/mol. The monoisotopic (exact) mass is 229 g/mol. The Morgan fingerprint density at radius 1 is 1.35 bits per heavy atom. The molecule has 0 atom stereocenters. The molecule has 0 aliphatic heterocycles. The Morgan fingerprint density at radius 3 is 3.00 bits per heavy atom. The van der Waals surface area contributed by atoms with Crippen LogP contribution in [0.5, 0.6) is 5.75 Å². The number of pyridine rings is 1. The summed E-state index contributed by atoms with van der Waals surface area (Å²) >= 11 is 0. The Morgan fingerprint density at radius 2 is 2.18 bits per heavy atom. The van der Waals surface area contributed by atoms with Crippen LogP contribution in [0.15, 0.2) is 41.2 Å². The zero-order chi connectivity index (χ0) is 12.1. The summed E-state index contributed by atoms with van der Waals surface area (Å²) in [6, 6.07) is 9.16. The third kappa shape index (κ3) is 2.62. The number of carbonyl (C=O) groups excluding carboxylic acids is 1. The highest BCUT2D eigenvalue weighted by atomic mass is 16.5. The fraction of sp³-hybridized carbons (Fsp3) is 0.154. The molecule has 1 aromatic carbocycles. The van der Waals surface area contributed by atoms with Crippen molar-refractivity contribution in [1.29, 1.82) is 0 Å². The van der Waals surface area contributed by atoms with Crippen LogP contribution in [0.3, 0.4) is 0 Å². The number of ether oxygens (including phenoxy) is 1. The Labute approximate surface area is 97.5 Å². The molecule has 4 nitrogen and oxygen atoms in total. The van der Waals surface area contributed by atoms with Crippen LogP contribution in [0.1, 0.15) is 6.42 Å². The summed E-state index contributed by atoms with van der Waals surface area (Å²) in [5.74, 6) is 1.92. The molecule has 0 radical (unpaired) electrons. The Bertz CT molecular complexity index is 624. The number of aromatic amines is 1. The fourth-order valence-corrected chi connectivity index (χ4v) is 1.52. The van der Waals surface area contributed by atoms with E-state index in [1.807, 2.05) is 24.3 Å². The minimum Gasteiger partial charge on any atom is -0.488 e. The summed E-state index contributed by atoms with van der Waals surface area (Å²) in [7, 11) is 0. The van der Waals surface area contributed by atoms with Crippen LogP contribution >= 0.6 is 0 Å². The molecule has 0 aliphatic carbocycles. The predicted octanol–water partition coefficient (Wildman–Crippen LogP) is 1.68. The van der Waals surface area contributed by atoms with Gasteiger partial charge in [-0.15, -0.1) is 0 Å². The highest BCUT2D eigenvalue weighted by molar-refractivity contribution is 5.79. The number of hydrogen-bond acceptors (Lipinski definition) is 3. The van der Waals surface area contributed by atoms with Crippen LogP contribution in [-0.4, -0.2) is 17.5 Å². The molecule has 0 saturated carbocycles. The number of para-hydroxylation sites is 1. The average Bonchev–Trinajstić information content (AvgIpc) is 2.35. The van der Waals surface area contributed by atoms with Crippen molar-refractivity contribution in [3.63, 3.8) is 0 Å². The van der Waals surface area contributed by atoms with Gasteiger partial charge in [-0.25, -0.2) is 4.79 Å². The van der Waals surface area contributed by atoms with E-state index in [0.717, 1.165) is 10.9 Å². The van der Waals surface area contributed by atoms with E-state index in [0.29, 0.717) is 6.42 Å². The molecule has 17 heavy (non-hydrogen) atoms. The number of nitrogens with one attached hydrogen (secondary N) is 1.